The van der Waals surface area contributed by atoms with Gasteiger partial charge in [0.05, 0.1) is 0 Å². The molecular weight excluding hydrogens is 308 g/mol. The maximum absolute atomic E-state index is 4.69. The first-order valence-electron chi connectivity index (χ1n) is 8.71. The Morgan fingerprint density at radius 1 is 1.04 bits per heavy atom. The molecule has 1 aliphatic rings. The lowest BCUT2D eigenvalue weighted by atomic mass is 10.1. The van der Waals surface area contributed by atoms with E-state index in [1.54, 1.807) is 0 Å². The average molecular weight is 330 g/mol. The van der Waals surface area contributed by atoms with E-state index in [9.17, 15) is 0 Å². The van der Waals surface area contributed by atoms with E-state index in [0.29, 0.717) is 6.04 Å². The molecule has 0 saturated heterocycles. The smallest absolute Gasteiger partial charge is 0.139 e. The SMILES string of the molecule is Cc1nc(NCc2ccccc2)cc(N2c3ccccc3CC2C)n1. The normalized spacial score (nSPS) is 15.9. The van der Waals surface area contributed by atoms with Gasteiger partial charge in [0.1, 0.15) is 17.5 Å². The minimum absolute atomic E-state index is 0.397. The Morgan fingerprint density at radius 2 is 1.80 bits per heavy atom. The molecule has 4 heteroatoms. The van der Waals surface area contributed by atoms with Gasteiger partial charge in [0.15, 0.2) is 0 Å². The van der Waals surface area contributed by atoms with E-state index >= 15 is 0 Å². The van der Waals surface area contributed by atoms with Gasteiger partial charge in [-0.15, -0.1) is 0 Å². The lowest BCUT2D eigenvalue weighted by Gasteiger charge is -2.24. The molecule has 0 saturated carbocycles. The molecule has 1 aromatic heterocycles. The van der Waals surface area contributed by atoms with Crippen molar-refractivity contribution in [3.63, 3.8) is 0 Å². The molecule has 25 heavy (non-hydrogen) atoms. The Labute approximate surface area is 148 Å². The van der Waals surface area contributed by atoms with E-state index in [4.69, 9.17) is 4.98 Å². The number of fused-ring (bicyclic) bond motifs is 1. The molecule has 2 aromatic carbocycles. The topological polar surface area (TPSA) is 41.1 Å². The van der Waals surface area contributed by atoms with Crippen LogP contribution in [0.4, 0.5) is 17.3 Å². The largest absolute Gasteiger partial charge is 0.366 e. The first-order valence-corrected chi connectivity index (χ1v) is 8.71. The third kappa shape index (κ3) is 3.20. The second-order valence-corrected chi connectivity index (χ2v) is 6.55. The molecule has 1 atom stereocenters. The van der Waals surface area contributed by atoms with Crippen LogP contribution < -0.4 is 10.2 Å². The molecule has 2 heterocycles. The number of rotatable bonds is 4. The number of hydrogen-bond acceptors (Lipinski definition) is 4. The number of benzene rings is 2. The monoisotopic (exact) mass is 330 g/mol. The second-order valence-electron chi connectivity index (χ2n) is 6.55. The van der Waals surface area contributed by atoms with Gasteiger partial charge in [0.25, 0.3) is 0 Å². The molecule has 0 radical (unpaired) electrons. The fraction of sp³-hybridized carbons (Fsp3) is 0.238. The average Bonchev–Trinajstić information content (AvgIpc) is 2.96. The number of nitrogens with zero attached hydrogens (tertiary/aromatic N) is 3. The summed E-state index contributed by atoms with van der Waals surface area (Å²) in [7, 11) is 0. The molecule has 0 bridgehead atoms. The van der Waals surface area contributed by atoms with Crippen molar-refractivity contribution in [2.45, 2.75) is 32.9 Å². The van der Waals surface area contributed by atoms with Crippen LogP contribution >= 0.6 is 0 Å². The predicted octanol–water partition coefficient (Wildman–Crippen LogP) is 4.48. The van der Waals surface area contributed by atoms with Gasteiger partial charge < -0.3 is 10.2 Å². The first-order chi connectivity index (χ1) is 12.2. The van der Waals surface area contributed by atoms with Gasteiger partial charge in [-0.2, -0.15) is 0 Å². The van der Waals surface area contributed by atoms with E-state index in [1.807, 2.05) is 13.0 Å². The summed E-state index contributed by atoms with van der Waals surface area (Å²) >= 11 is 0. The summed E-state index contributed by atoms with van der Waals surface area (Å²) in [5.41, 5.74) is 3.87. The zero-order chi connectivity index (χ0) is 17.2. The number of aromatic nitrogens is 2. The van der Waals surface area contributed by atoms with Gasteiger partial charge in [-0.3, -0.25) is 0 Å². The van der Waals surface area contributed by atoms with E-state index in [0.717, 1.165) is 30.4 Å². The fourth-order valence-corrected chi connectivity index (χ4v) is 3.47. The van der Waals surface area contributed by atoms with E-state index in [1.165, 1.54) is 16.8 Å². The maximum atomic E-state index is 4.69. The molecule has 0 fully saturated rings. The lowest BCUT2D eigenvalue weighted by Crippen LogP contribution is -2.25. The molecule has 3 aromatic rings. The second kappa shape index (κ2) is 6.55. The number of anilines is 3. The van der Waals surface area contributed by atoms with Gasteiger partial charge in [0, 0.05) is 24.3 Å². The molecule has 0 aliphatic carbocycles. The summed E-state index contributed by atoms with van der Waals surface area (Å²) in [5, 5.41) is 3.43. The number of nitrogens with one attached hydrogen (secondary N) is 1. The van der Waals surface area contributed by atoms with Crippen LogP contribution in [0.5, 0.6) is 0 Å². The molecule has 1 aliphatic heterocycles. The van der Waals surface area contributed by atoms with Crippen LogP contribution in [0.2, 0.25) is 0 Å². The molecule has 0 spiro atoms. The van der Waals surface area contributed by atoms with Gasteiger partial charge in [-0.05, 0) is 37.5 Å². The lowest BCUT2D eigenvalue weighted by molar-refractivity contribution is 0.747. The summed E-state index contributed by atoms with van der Waals surface area (Å²) in [6, 6.07) is 21.4. The van der Waals surface area contributed by atoms with Gasteiger partial charge >= 0.3 is 0 Å². The minimum Gasteiger partial charge on any atom is -0.366 e. The highest BCUT2D eigenvalue weighted by Gasteiger charge is 2.28. The molecule has 4 nitrogen and oxygen atoms in total. The van der Waals surface area contributed by atoms with Crippen molar-refractivity contribution in [3.8, 4) is 0 Å². The summed E-state index contributed by atoms with van der Waals surface area (Å²) in [6.45, 7) is 4.95. The van der Waals surface area contributed by atoms with Crippen molar-refractivity contribution in [1.82, 2.24) is 9.97 Å². The standard InChI is InChI=1S/C21H22N4/c1-15-12-18-10-6-7-11-19(18)25(15)21-13-20(23-16(2)24-21)22-14-17-8-4-3-5-9-17/h3-11,13,15H,12,14H2,1-2H3,(H,22,23,24). The molecule has 0 amide bonds. The van der Waals surface area contributed by atoms with E-state index in [2.05, 4.69) is 76.7 Å². The van der Waals surface area contributed by atoms with Crippen LogP contribution in [0.25, 0.3) is 0 Å². The van der Waals surface area contributed by atoms with Crippen LogP contribution in [0.1, 0.15) is 23.9 Å². The van der Waals surface area contributed by atoms with Crippen LogP contribution in [0, 0.1) is 6.92 Å². The van der Waals surface area contributed by atoms with E-state index < -0.39 is 0 Å². The van der Waals surface area contributed by atoms with E-state index in [-0.39, 0.29) is 0 Å². The number of hydrogen-bond donors (Lipinski definition) is 1. The Balaban J connectivity index is 1.62. The summed E-state index contributed by atoms with van der Waals surface area (Å²) in [6.07, 6.45) is 1.05. The van der Waals surface area contributed by atoms with Crippen molar-refractivity contribution >= 4 is 17.3 Å². The van der Waals surface area contributed by atoms with Gasteiger partial charge in [-0.1, -0.05) is 48.5 Å². The molecule has 126 valence electrons. The maximum Gasteiger partial charge on any atom is 0.139 e. The van der Waals surface area contributed by atoms with Crippen LogP contribution in [0.15, 0.2) is 60.7 Å². The third-order valence-electron chi connectivity index (χ3n) is 4.59. The summed E-state index contributed by atoms with van der Waals surface area (Å²) in [4.78, 5) is 11.6. The Morgan fingerprint density at radius 3 is 2.64 bits per heavy atom. The van der Waals surface area contributed by atoms with Crippen LogP contribution in [-0.4, -0.2) is 16.0 Å². The Kier molecular flexibility index (Phi) is 4.10. The Bertz CT molecular complexity index is 876. The third-order valence-corrected chi connectivity index (χ3v) is 4.59. The molecule has 1 unspecified atom stereocenters. The van der Waals surface area contributed by atoms with Crippen molar-refractivity contribution in [1.29, 1.82) is 0 Å². The highest BCUT2D eigenvalue weighted by molar-refractivity contribution is 5.70. The van der Waals surface area contributed by atoms with Crippen molar-refractivity contribution in [2.75, 3.05) is 10.2 Å². The zero-order valence-corrected chi connectivity index (χ0v) is 14.6. The molecule has 1 N–H and O–H groups in total. The Hall–Kier alpha value is -2.88. The quantitative estimate of drug-likeness (QED) is 0.766. The highest BCUT2D eigenvalue weighted by Crippen LogP contribution is 2.37. The van der Waals surface area contributed by atoms with Crippen LogP contribution in [0.3, 0.4) is 0 Å². The van der Waals surface area contributed by atoms with Crippen LogP contribution in [-0.2, 0) is 13.0 Å². The van der Waals surface area contributed by atoms with Crippen molar-refractivity contribution in [2.24, 2.45) is 0 Å². The van der Waals surface area contributed by atoms with Gasteiger partial charge in [0.2, 0.25) is 0 Å². The predicted molar refractivity (Wildman–Crippen MR) is 102 cm³/mol. The highest BCUT2D eigenvalue weighted by atomic mass is 15.2. The van der Waals surface area contributed by atoms with Gasteiger partial charge in [-0.25, -0.2) is 9.97 Å². The number of aryl methyl sites for hydroxylation is 1. The minimum atomic E-state index is 0.397. The fourth-order valence-electron chi connectivity index (χ4n) is 3.47. The van der Waals surface area contributed by atoms with Crippen molar-refractivity contribution < 1.29 is 0 Å². The molecule has 4 rings (SSSR count). The zero-order valence-electron chi connectivity index (χ0n) is 14.6. The molecular formula is C21H22N4. The summed E-state index contributed by atoms with van der Waals surface area (Å²) < 4.78 is 0. The van der Waals surface area contributed by atoms with Crippen molar-refractivity contribution in [3.05, 3.63) is 77.6 Å². The first kappa shape index (κ1) is 15.6. The summed E-state index contributed by atoms with van der Waals surface area (Å²) in [5.74, 6) is 2.60. The number of para-hydroxylation sites is 1.